The molecule has 1 aromatic heterocycles. The summed E-state index contributed by atoms with van der Waals surface area (Å²) >= 11 is 0. The third kappa shape index (κ3) is 5.02. The second kappa shape index (κ2) is 9.31. The Morgan fingerprint density at radius 3 is 2.59 bits per heavy atom. The molecule has 0 saturated carbocycles. The fraction of sp³-hybridized carbons (Fsp3) is 0.273. The van der Waals surface area contributed by atoms with Crippen LogP contribution >= 0.6 is 0 Å². The third-order valence-electron chi connectivity index (χ3n) is 5.14. The van der Waals surface area contributed by atoms with Crippen molar-refractivity contribution in [3.05, 3.63) is 71.4 Å². The number of nitrogens with two attached hydrogens (primary N) is 1. The molecule has 0 aliphatic heterocycles. The minimum atomic E-state index is -4.48. The second-order valence-corrected chi connectivity index (χ2v) is 7.47. The SMILES string of the molecule is C[NH+]=C(/C=C\N)NCc1cccc2[nH]c(NC(C)(CO)c3cccc(C(F)(F)F)c3)nc12. The number of nitrogens with zero attached hydrogens (tertiary/aromatic N) is 1. The van der Waals surface area contributed by atoms with Crippen molar-refractivity contribution in [2.45, 2.75) is 25.2 Å². The number of aromatic amines is 1. The van der Waals surface area contributed by atoms with E-state index in [2.05, 4.69) is 25.6 Å². The van der Waals surface area contributed by atoms with Gasteiger partial charge in [-0.15, -0.1) is 0 Å². The van der Waals surface area contributed by atoms with Crippen molar-refractivity contribution < 1.29 is 23.3 Å². The lowest BCUT2D eigenvalue weighted by atomic mass is 9.91. The Hall–Kier alpha value is -3.53. The van der Waals surface area contributed by atoms with Crippen LogP contribution in [0.2, 0.25) is 0 Å². The van der Waals surface area contributed by atoms with Crippen LogP contribution in [0, 0.1) is 0 Å². The fourth-order valence-corrected chi connectivity index (χ4v) is 3.31. The zero-order valence-corrected chi connectivity index (χ0v) is 17.7. The number of benzene rings is 2. The predicted molar refractivity (Wildman–Crippen MR) is 118 cm³/mol. The molecule has 1 atom stereocenters. The Morgan fingerprint density at radius 1 is 1.22 bits per heavy atom. The number of para-hydroxylation sites is 1. The molecule has 10 heteroatoms. The molecule has 3 aromatic rings. The van der Waals surface area contributed by atoms with Gasteiger partial charge in [0.05, 0.1) is 35.8 Å². The van der Waals surface area contributed by atoms with Crippen molar-refractivity contribution in [2.24, 2.45) is 5.73 Å². The molecule has 2 aromatic carbocycles. The van der Waals surface area contributed by atoms with Crippen LogP contribution in [0.4, 0.5) is 19.1 Å². The van der Waals surface area contributed by atoms with Crippen LogP contribution in [-0.4, -0.2) is 34.6 Å². The van der Waals surface area contributed by atoms with Gasteiger partial charge in [0.2, 0.25) is 5.95 Å². The number of fused-ring (bicyclic) bond motifs is 1. The number of halogens is 3. The van der Waals surface area contributed by atoms with Gasteiger partial charge in [-0.3, -0.25) is 10.3 Å². The monoisotopic (exact) mass is 447 g/mol. The predicted octanol–water partition coefficient (Wildman–Crippen LogP) is 1.57. The molecule has 0 aliphatic carbocycles. The summed E-state index contributed by atoms with van der Waals surface area (Å²) in [4.78, 5) is 10.7. The Bertz CT molecular complexity index is 1140. The van der Waals surface area contributed by atoms with Crippen LogP contribution < -0.4 is 21.4 Å². The molecule has 0 radical (unpaired) electrons. The van der Waals surface area contributed by atoms with Crippen molar-refractivity contribution in [3.63, 3.8) is 0 Å². The van der Waals surface area contributed by atoms with Crippen molar-refractivity contribution >= 4 is 22.8 Å². The molecule has 0 aliphatic rings. The fourth-order valence-electron chi connectivity index (χ4n) is 3.31. The normalized spacial score (nSPS) is 14.6. The van der Waals surface area contributed by atoms with E-state index in [1.165, 1.54) is 18.3 Å². The Kier molecular flexibility index (Phi) is 6.73. The molecule has 0 spiro atoms. The molecule has 0 fully saturated rings. The van der Waals surface area contributed by atoms with Gasteiger partial charge in [0, 0.05) is 17.8 Å². The van der Waals surface area contributed by atoms with E-state index in [9.17, 15) is 18.3 Å². The summed E-state index contributed by atoms with van der Waals surface area (Å²) < 4.78 is 39.4. The van der Waals surface area contributed by atoms with Crippen molar-refractivity contribution in [2.75, 3.05) is 19.0 Å². The van der Waals surface area contributed by atoms with Crippen molar-refractivity contribution in [1.82, 2.24) is 15.3 Å². The number of H-pyrrole nitrogens is 1. The number of nitrogens with one attached hydrogen (secondary N) is 4. The van der Waals surface area contributed by atoms with Crippen LogP contribution in [0.15, 0.2) is 54.7 Å². The quantitative estimate of drug-likeness (QED) is 0.243. The summed E-state index contributed by atoms with van der Waals surface area (Å²) in [5.41, 5.74) is 6.09. The van der Waals surface area contributed by atoms with Crippen molar-refractivity contribution in [1.29, 1.82) is 0 Å². The lowest BCUT2D eigenvalue weighted by Gasteiger charge is -2.29. The van der Waals surface area contributed by atoms with Gasteiger partial charge in [-0.05, 0) is 30.7 Å². The Morgan fingerprint density at radius 2 is 1.94 bits per heavy atom. The lowest BCUT2D eigenvalue weighted by molar-refractivity contribution is -0.421. The maximum atomic E-state index is 13.1. The molecular formula is C22H26F3N6O+. The van der Waals surface area contributed by atoms with Gasteiger partial charge in [0.1, 0.15) is 6.54 Å². The first-order valence-corrected chi connectivity index (χ1v) is 9.91. The zero-order chi connectivity index (χ0) is 23.4. The van der Waals surface area contributed by atoms with Gasteiger partial charge in [-0.2, -0.15) is 13.2 Å². The first-order chi connectivity index (χ1) is 15.2. The molecule has 7 nitrogen and oxygen atoms in total. The van der Waals surface area contributed by atoms with Crippen molar-refractivity contribution in [3.8, 4) is 0 Å². The lowest BCUT2D eigenvalue weighted by Crippen LogP contribution is -2.71. The van der Waals surface area contributed by atoms with Crippen LogP contribution in [0.3, 0.4) is 0 Å². The number of alkyl halides is 3. The number of rotatable bonds is 7. The van der Waals surface area contributed by atoms with E-state index in [4.69, 9.17) is 5.73 Å². The van der Waals surface area contributed by atoms with E-state index < -0.39 is 23.9 Å². The van der Waals surface area contributed by atoms with Gasteiger partial charge in [-0.1, -0.05) is 24.3 Å². The first kappa shape index (κ1) is 23.1. The summed E-state index contributed by atoms with van der Waals surface area (Å²) in [6.07, 6.45) is -1.37. The average molecular weight is 447 g/mol. The van der Waals surface area contributed by atoms with E-state index in [1.54, 1.807) is 20.0 Å². The van der Waals surface area contributed by atoms with Crippen LogP contribution in [0.5, 0.6) is 0 Å². The van der Waals surface area contributed by atoms with Gasteiger partial charge in [0.15, 0.2) is 0 Å². The van der Waals surface area contributed by atoms with E-state index >= 15 is 0 Å². The number of hydrogen-bond acceptors (Lipinski definition) is 4. The van der Waals surface area contributed by atoms with Crippen LogP contribution in [0.25, 0.3) is 11.0 Å². The van der Waals surface area contributed by atoms with Crippen LogP contribution in [0.1, 0.15) is 23.6 Å². The van der Waals surface area contributed by atoms with Gasteiger partial charge in [-0.25, -0.2) is 4.98 Å². The number of imidazole rings is 1. The molecule has 32 heavy (non-hydrogen) atoms. The average Bonchev–Trinajstić information content (AvgIpc) is 3.18. The summed E-state index contributed by atoms with van der Waals surface area (Å²) in [6, 6.07) is 10.5. The number of aromatic nitrogens is 2. The maximum Gasteiger partial charge on any atom is 0.416 e. The summed E-state index contributed by atoms with van der Waals surface area (Å²) in [7, 11) is 1.77. The van der Waals surface area contributed by atoms with E-state index in [0.717, 1.165) is 29.0 Å². The number of anilines is 1. The Labute approximate surface area is 183 Å². The molecule has 1 heterocycles. The minimum absolute atomic E-state index is 0.291. The van der Waals surface area contributed by atoms with Gasteiger partial charge < -0.3 is 21.1 Å². The summed E-state index contributed by atoms with van der Waals surface area (Å²) in [5, 5.41) is 16.3. The molecule has 170 valence electrons. The molecule has 0 saturated heterocycles. The minimum Gasteiger partial charge on any atom is -0.404 e. The largest absolute Gasteiger partial charge is 0.416 e. The number of aliphatic hydroxyl groups is 1. The molecular weight excluding hydrogens is 421 g/mol. The number of aliphatic hydroxyl groups excluding tert-OH is 1. The molecule has 0 amide bonds. The van der Waals surface area contributed by atoms with E-state index in [1.807, 2.05) is 18.2 Å². The van der Waals surface area contributed by atoms with Crippen LogP contribution in [-0.2, 0) is 18.3 Å². The second-order valence-electron chi connectivity index (χ2n) is 7.47. The van der Waals surface area contributed by atoms with Gasteiger partial charge >= 0.3 is 6.18 Å². The molecule has 7 N–H and O–H groups in total. The highest BCUT2D eigenvalue weighted by Gasteiger charge is 2.34. The Balaban J connectivity index is 1.89. The standard InChI is InChI=1S/C22H25F3N6O/c1-21(13-32,15-6-4-7-16(11-15)22(23,24)25)31-20-29-17-8-3-5-14(19(17)30-20)12-28-18(27-2)9-10-26/h3-11,32H,12-13,26H2,1-2H3,(H,27,28)(H2,29,30,31)/p+1/b10-9-. The highest BCUT2D eigenvalue weighted by atomic mass is 19.4. The topological polar surface area (TPSA) is 113 Å². The molecule has 0 bridgehead atoms. The smallest absolute Gasteiger partial charge is 0.404 e. The molecule has 3 rings (SSSR count). The third-order valence-corrected chi connectivity index (χ3v) is 5.14. The molecule has 1 unspecified atom stereocenters. The zero-order valence-electron chi connectivity index (χ0n) is 17.7. The number of amidine groups is 1. The highest BCUT2D eigenvalue weighted by Crippen LogP contribution is 2.33. The highest BCUT2D eigenvalue weighted by molar-refractivity contribution is 5.88. The summed E-state index contributed by atoms with van der Waals surface area (Å²) in [6.45, 7) is 1.64. The van der Waals surface area contributed by atoms with E-state index in [0.29, 0.717) is 23.6 Å². The first-order valence-electron chi connectivity index (χ1n) is 9.91. The van der Waals surface area contributed by atoms with Gasteiger partial charge in [0.25, 0.3) is 5.84 Å². The maximum absolute atomic E-state index is 13.1. The number of hydrogen-bond donors (Lipinski definition) is 6. The summed E-state index contributed by atoms with van der Waals surface area (Å²) in [5.74, 6) is 1.07. The van der Waals surface area contributed by atoms with E-state index in [-0.39, 0.29) is 0 Å².